The third-order valence-corrected chi connectivity index (χ3v) is 1.97. The molecule has 1 atom stereocenters. The Labute approximate surface area is 89.4 Å². The highest BCUT2D eigenvalue weighted by Crippen LogP contribution is 2.05. The summed E-state index contributed by atoms with van der Waals surface area (Å²) in [5.74, 6) is -0.112. The third-order valence-electron chi connectivity index (χ3n) is 1.97. The van der Waals surface area contributed by atoms with Gasteiger partial charge in [0.1, 0.15) is 0 Å². The SMILES string of the molecule is COC[C@@H](C)NC(=O)c1ccc(N)cc1. The van der Waals surface area contributed by atoms with Gasteiger partial charge in [-0.2, -0.15) is 0 Å². The van der Waals surface area contributed by atoms with E-state index in [4.69, 9.17) is 10.5 Å². The van der Waals surface area contributed by atoms with Gasteiger partial charge in [0.2, 0.25) is 0 Å². The topological polar surface area (TPSA) is 64.3 Å². The van der Waals surface area contributed by atoms with E-state index in [9.17, 15) is 4.79 Å². The van der Waals surface area contributed by atoms with Crippen molar-refractivity contribution in [1.82, 2.24) is 5.32 Å². The summed E-state index contributed by atoms with van der Waals surface area (Å²) in [7, 11) is 1.60. The maximum absolute atomic E-state index is 11.6. The van der Waals surface area contributed by atoms with E-state index >= 15 is 0 Å². The van der Waals surface area contributed by atoms with Crippen molar-refractivity contribution in [3.8, 4) is 0 Å². The molecule has 0 unspecified atom stereocenters. The van der Waals surface area contributed by atoms with Gasteiger partial charge in [0, 0.05) is 24.4 Å². The summed E-state index contributed by atoms with van der Waals surface area (Å²) in [5.41, 5.74) is 6.78. The highest BCUT2D eigenvalue weighted by atomic mass is 16.5. The van der Waals surface area contributed by atoms with Gasteiger partial charge >= 0.3 is 0 Å². The molecule has 1 rings (SSSR count). The Balaban J connectivity index is 2.57. The zero-order valence-electron chi connectivity index (χ0n) is 8.99. The van der Waals surface area contributed by atoms with E-state index in [1.165, 1.54) is 0 Å². The number of benzene rings is 1. The second-order valence-electron chi connectivity index (χ2n) is 3.45. The number of methoxy groups -OCH3 is 1. The highest BCUT2D eigenvalue weighted by Gasteiger charge is 2.08. The summed E-state index contributed by atoms with van der Waals surface area (Å²) in [6.07, 6.45) is 0. The standard InChI is InChI=1S/C11H16N2O2/c1-8(7-15-2)13-11(14)9-3-5-10(12)6-4-9/h3-6,8H,7,12H2,1-2H3,(H,13,14)/t8-/m1/s1. The molecule has 1 amide bonds. The minimum atomic E-state index is -0.112. The number of carbonyl (C=O) groups is 1. The molecular formula is C11H16N2O2. The van der Waals surface area contributed by atoms with E-state index in [2.05, 4.69) is 5.32 Å². The van der Waals surface area contributed by atoms with Crippen LogP contribution in [0.5, 0.6) is 0 Å². The lowest BCUT2D eigenvalue weighted by Crippen LogP contribution is -2.35. The van der Waals surface area contributed by atoms with Crippen molar-refractivity contribution in [2.75, 3.05) is 19.5 Å². The lowest BCUT2D eigenvalue weighted by atomic mass is 10.2. The van der Waals surface area contributed by atoms with Crippen molar-refractivity contribution in [3.63, 3.8) is 0 Å². The number of rotatable bonds is 4. The van der Waals surface area contributed by atoms with Crippen LogP contribution in [-0.2, 0) is 4.74 Å². The molecule has 0 aliphatic heterocycles. The van der Waals surface area contributed by atoms with Gasteiger partial charge in [0.05, 0.1) is 6.61 Å². The lowest BCUT2D eigenvalue weighted by molar-refractivity contribution is 0.0905. The Kier molecular flexibility index (Phi) is 4.12. The van der Waals surface area contributed by atoms with Crippen LogP contribution in [0.1, 0.15) is 17.3 Å². The van der Waals surface area contributed by atoms with Crippen molar-refractivity contribution < 1.29 is 9.53 Å². The number of nitrogens with two attached hydrogens (primary N) is 1. The van der Waals surface area contributed by atoms with E-state index in [0.717, 1.165) is 0 Å². The molecular weight excluding hydrogens is 192 g/mol. The Morgan fingerprint density at radius 2 is 2.07 bits per heavy atom. The van der Waals surface area contributed by atoms with Crippen molar-refractivity contribution >= 4 is 11.6 Å². The minimum Gasteiger partial charge on any atom is -0.399 e. The van der Waals surface area contributed by atoms with Crippen molar-refractivity contribution in [1.29, 1.82) is 0 Å². The Morgan fingerprint density at radius 1 is 1.47 bits per heavy atom. The molecule has 3 N–H and O–H groups in total. The zero-order chi connectivity index (χ0) is 11.3. The number of hydrogen-bond acceptors (Lipinski definition) is 3. The van der Waals surface area contributed by atoms with Gasteiger partial charge in [-0.05, 0) is 31.2 Å². The largest absolute Gasteiger partial charge is 0.399 e. The third kappa shape index (κ3) is 3.59. The van der Waals surface area contributed by atoms with Crippen molar-refractivity contribution in [3.05, 3.63) is 29.8 Å². The van der Waals surface area contributed by atoms with Crippen LogP contribution in [0.3, 0.4) is 0 Å². The first-order valence-corrected chi connectivity index (χ1v) is 4.79. The summed E-state index contributed by atoms with van der Waals surface area (Å²) >= 11 is 0. The van der Waals surface area contributed by atoms with Gasteiger partial charge in [0.25, 0.3) is 5.91 Å². The predicted octanol–water partition coefficient (Wildman–Crippen LogP) is 1.03. The quantitative estimate of drug-likeness (QED) is 0.726. The second-order valence-corrected chi connectivity index (χ2v) is 3.45. The van der Waals surface area contributed by atoms with Gasteiger partial charge < -0.3 is 15.8 Å². The summed E-state index contributed by atoms with van der Waals surface area (Å²) in [4.78, 5) is 11.6. The first-order chi connectivity index (χ1) is 7.13. The molecule has 0 saturated carbocycles. The van der Waals surface area contributed by atoms with Crippen LogP contribution in [0.15, 0.2) is 24.3 Å². The molecule has 0 aliphatic rings. The molecule has 4 nitrogen and oxygen atoms in total. The minimum absolute atomic E-state index is 0.0000491. The van der Waals surface area contributed by atoms with Crippen LogP contribution >= 0.6 is 0 Å². The molecule has 0 spiro atoms. The zero-order valence-corrected chi connectivity index (χ0v) is 8.99. The van der Waals surface area contributed by atoms with E-state index in [1.807, 2.05) is 6.92 Å². The predicted molar refractivity (Wildman–Crippen MR) is 59.7 cm³/mol. The molecule has 1 aromatic rings. The first kappa shape index (κ1) is 11.5. The van der Waals surface area contributed by atoms with E-state index in [-0.39, 0.29) is 11.9 Å². The molecule has 15 heavy (non-hydrogen) atoms. The van der Waals surface area contributed by atoms with Crippen molar-refractivity contribution in [2.45, 2.75) is 13.0 Å². The van der Waals surface area contributed by atoms with Crippen LogP contribution in [0.4, 0.5) is 5.69 Å². The van der Waals surface area contributed by atoms with E-state index < -0.39 is 0 Å². The van der Waals surface area contributed by atoms with Crippen LogP contribution in [0, 0.1) is 0 Å². The van der Waals surface area contributed by atoms with E-state index in [1.54, 1.807) is 31.4 Å². The van der Waals surface area contributed by atoms with Gasteiger partial charge in [0.15, 0.2) is 0 Å². The summed E-state index contributed by atoms with van der Waals surface area (Å²) < 4.78 is 4.92. The number of nitrogen functional groups attached to an aromatic ring is 1. The maximum Gasteiger partial charge on any atom is 0.251 e. The molecule has 0 saturated heterocycles. The number of amides is 1. The number of anilines is 1. The lowest BCUT2D eigenvalue weighted by Gasteiger charge is -2.12. The monoisotopic (exact) mass is 208 g/mol. The first-order valence-electron chi connectivity index (χ1n) is 4.79. The molecule has 82 valence electrons. The summed E-state index contributed by atoms with van der Waals surface area (Å²) in [6, 6.07) is 6.81. The Bertz CT molecular complexity index is 322. The smallest absolute Gasteiger partial charge is 0.251 e. The number of carbonyl (C=O) groups excluding carboxylic acids is 1. The molecule has 0 fully saturated rings. The van der Waals surface area contributed by atoms with Crippen LogP contribution < -0.4 is 11.1 Å². The molecule has 0 radical (unpaired) electrons. The van der Waals surface area contributed by atoms with Gasteiger partial charge in [-0.15, -0.1) is 0 Å². The summed E-state index contributed by atoms with van der Waals surface area (Å²) in [6.45, 7) is 2.39. The van der Waals surface area contributed by atoms with Crippen LogP contribution in [0.2, 0.25) is 0 Å². The Hall–Kier alpha value is -1.55. The number of nitrogens with one attached hydrogen (secondary N) is 1. The fourth-order valence-corrected chi connectivity index (χ4v) is 1.23. The molecule has 0 aromatic heterocycles. The highest BCUT2D eigenvalue weighted by molar-refractivity contribution is 5.94. The van der Waals surface area contributed by atoms with Crippen LogP contribution in [0.25, 0.3) is 0 Å². The average molecular weight is 208 g/mol. The van der Waals surface area contributed by atoms with Gasteiger partial charge in [-0.3, -0.25) is 4.79 Å². The van der Waals surface area contributed by atoms with E-state index in [0.29, 0.717) is 17.9 Å². The van der Waals surface area contributed by atoms with Gasteiger partial charge in [-0.25, -0.2) is 0 Å². The fraction of sp³-hybridized carbons (Fsp3) is 0.364. The normalized spacial score (nSPS) is 12.1. The fourth-order valence-electron chi connectivity index (χ4n) is 1.23. The average Bonchev–Trinajstić information content (AvgIpc) is 2.18. The Morgan fingerprint density at radius 3 is 2.60 bits per heavy atom. The molecule has 1 aromatic carbocycles. The number of ether oxygens (including phenoxy) is 1. The molecule has 0 bridgehead atoms. The van der Waals surface area contributed by atoms with Crippen molar-refractivity contribution in [2.24, 2.45) is 0 Å². The summed E-state index contributed by atoms with van der Waals surface area (Å²) in [5, 5.41) is 2.81. The second kappa shape index (κ2) is 5.36. The maximum atomic E-state index is 11.6. The molecule has 4 heteroatoms. The van der Waals surface area contributed by atoms with Gasteiger partial charge in [-0.1, -0.05) is 0 Å². The number of hydrogen-bond donors (Lipinski definition) is 2. The van der Waals surface area contributed by atoms with Crippen LogP contribution in [-0.4, -0.2) is 25.7 Å². The molecule has 0 aliphatic carbocycles. The molecule has 0 heterocycles.